The van der Waals surface area contributed by atoms with Gasteiger partial charge in [0, 0.05) is 6.92 Å². The van der Waals surface area contributed by atoms with Crippen LogP contribution >= 0.6 is 0 Å². The van der Waals surface area contributed by atoms with Crippen molar-refractivity contribution in [3.8, 4) is 0 Å². The number of hydrogen-bond donors (Lipinski definition) is 1. The highest BCUT2D eigenvalue weighted by Gasteiger charge is 2.26. The lowest BCUT2D eigenvalue weighted by Gasteiger charge is -2.22. The molecule has 19 heavy (non-hydrogen) atoms. The maximum absolute atomic E-state index is 11.6. The Bertz CT molecular complexity index is 334. The zero-order valence-corrected chi connectivity index (χ0v) is 11.9. The largest absolute Gasteiger partial charge is 0.464 e. The molecule has 0 radical (unpaired) electrons. The smallest absolute Gasteiger partial charge is 0.408 e. The molecule has 0 aliphatic carbocycles. The van der Waals surface area contributed by atoms with Gasteiger partial charge in [0.2, 0.25) is 0 Å². The zero-order chi connectivity index (χ0) is 15.1. The summed E-state index contributed by atoms with van der Waals surface area (Å²) in [4.78, 5) is 33.8. The Kier molecular flexibility index (Phi) is 6.89. The van der Waals surface area contributed by atoms with E-state index in [1.807, 2.05) is 0 Å². The van der Waals surface area contributed by atoms with Crippen molar-refractivity contribution in [3.05, 3.63) is 0 Å². The number of nitrogens with one attached hydrogen (secondary N) is 1. The fraction of sp³-hybridized carbons (Fsp3) is 0.750. The van der Waals surface area contributed by atoms with Gasteiger partial charge in [0.1, 0.15) is 12.2 Å². The van der Waals surface area contributed by atoms with Crippen LogP contribution < -0.4 is 5.32 Å². The third-order valence-electron chi connectivity index (χ3n) is 1.72. The lowest BCUT2D eigenvalue weighted by atomic mass is 10.2. The second-order valence-electron chi connectivity index (χ2n) is 4.75. The Morgan fingerprint density at radius 2 is 1.74 bits per heavy atom. The summed E-state index contributed by atoms with van der Waals surface area (Å²) >= 11 is 0. The van der Waals surface area contributed by atoms with Gasteiger partial charge in [-0.15, -0.1) is 0 Å². The molecule has 110 valence electrons. The van der Waals surface area contributed by atoms with Gasteiger partial charge in [0.25, 0.3) is 0 Å². The van der Waals surface area contributed by atoms with Crippen LogP contribution in [0, 0.1) is 0 Å². The molecule has 0 aromatic rings. The molecule has 0 spiro atoms. The first-order valence-corrected chi connectivity index (χ1v) is 5.95. The number of ether oxygens (including phenoxy) is 3. The molecule has 1 amide bonds. The summed E-state index contributed by atoms with van der Waals surface area (Å²) in [7, 11) is 0. The van der Waals surface area contributed by atoms with E-state index in [1.54, 1.807) is 27.7 Å². The van der Waals surface area contributed by atoms with E-state index in [9.17, 15) is 14.4 Å². The van der Waals surface area contributed by atoms with Gasteiger partial charge < -0.3 is 19.5 Å². The summed E-state index contributed by atoms with van der Waals surface area (Å²) < 4.78 is 14.5. The average Bonchev–Trinajstić information content (AvgIpc) is 2.21. The van der Waals surface area contributed by atoms with Crippen LogP contribution in [0.3, 0.4) is 0 Å². The number of carbonyl (C=O) groups is 3. The molecule has 1 atom stereocenters. The predicted molar refractivity (Wildman–Crippen MR) is 66.4 cm³/mol. The van der Waals surface area contributed by atoms with Crippen molar-refractivity contribution in [2.24, 2.45) is 0 Å². The third kappa shape index (κ3) is 8.87. The van der Waals surface area contributed by atoms with Crippen molar-refractivity contribution < 1.29 is 28.6 Å². The van der Waals surface area contributed by atoms with Crippen LogP contribution in [0.25, 0.3) is 0 Å². The first-order chi connectivity index (χ1) is 8.65. The van der Waals surface area contributed by atoms with E-state index in [-0.39, 0.29) is 13.2 Å². The molecule has 0 bridgehead atoms. The van der Waals surface area contributed by atoms with Gasteiger partial charge in [-0.1, -0.05) is 0 Å². The predicted octanol–water partition coefficient (Wildman–Crippen LogP) is 1.01. The molecule has 0 saturated heterocycles. The van der Waals surface area contributed by atoms with E-state index in [1.165, 1.54) is 6.92 Å². The van der Waals surface area contributed by atoms with Gasteiger partial charge in [0.05, 0.1) is 6.61 Å². The van der Waals surface area contributed by atoms with Gasteiger partial charge in [-0.2, -0.15) is 0 Å². The van der Waals surface area contributed by atoms with Crippen LogP contribution in [-0.2, 0) is 23.8 Å². The van der Waals surface area contributed by atoms with Crippen LogP contribution in [0.15, 0.2) is 0 Å². The minimum Gasteiger partial charge on any atom is -0.464 e. The molecule has 1 N–H and O–H groups in total. The van der Waals surface area contributed by atoms with Crippen LogP contribution in [0.2, 0.25) is 0 Å². The highest BCUT2D eigenvalue weighted by molar-refractivity contribution is 5.82. The topological polar surface area (TPSA) is 90.9 Å². The molecule has 0 aliphatic rings. The van der Waals surface area contributed by atoms with Gasteiger partial charge in [0.15, 0.2) is 6.04 Å². The number of rotatable bonds is 5. The van der Waals surface area contributed by atoms with Crippen molar-refractivity contribution in [2.75, 3.05) is 13.2 Å². The lowest BCUT2D eigenvalue weighted by Crippen LogP contribution is -2.47. The highest BCUT2D eigenvalue weighted by atomic mass is 16.6. The lowest BCUT2D eigenvalue weighted by molar-refractivity contribution is -0.150. The zero-order valence-electron chi connectivity index (χ0n) is 11.9. The minimum atomic E-state index is -1.08. The van der Waals surface area contributed by atoms with Crippen molar-refractivity contribution in [3.63, 3.8) is 0 Å². The van der Waals surface area contributed by atoms with Crippen molar-refractivity contribution >= 4 is 18.0 Å². The van der Waals surface area contributed by atoms with Crippen LogP contribution in [-0.4, -0.2) is 42.9 Å². The fourth-order valence-electron chi connectivity index (χ4n) is 1.06. The number of esters is 2. The normalized spacial score (nSPS) is 12.3. The van der Waals surface area contributed by atoms with Crippen LogP contribution in [0.4, 0.5) is 4.79 Å². The SMILES string of the molecule is CCOC(=O)[C@H](COC(C)=O)NC(=O)OC(C)(C)C. The van der Waals surface area contributed by atoms with E-state index in [4.69, 9.17) is 14.2 Å². The number of carbonyl (C=O) groups excluding carboxylic acids is 3. The molecule has 7 nitrogen and oxygen atoms in total. The molecular formula is C12H21NO6. The Morgan fingerprint density at radius 3 is 2.16 bits per heavy atom. The summed E-state index contributed by atoms with van der Waals surface area (Å²) in [6.45, 7) is 7.77. The Labute approximate surface area is 112 Å². The minimum absolute atomic E-state index is 0.158. The Balaban J connectivity index is 4.52. The summed E-state index contributed by atoms with van der Waals surface area (Å²) in [5.74, 6) is -1.24. The maximum Gasteiger partial charge on any atom is 0.408 e. The van der Waals surface area contributed by atoms with E-state index >= 15 is 0 Å². The van der Waals surface area contributed by atoms with Gasteiger partial charge >= 0.3 is 18.0 Å². The molecule has 0 aliphatic heterocycles. The van der Waals surface area contributed by atoms with Gasteiger partial charge in [-0.3, -0.25) is 4.79 Å². The molecule has 0 saturated carbocycles. The third-order valence-corrected chi connectivity index (χ3v) is 1.72. The molecule has 0 heterocycles. The number of amides is 1. The molecule has 0 unspecified atom stereocenters. The van der Waals surface area contributed by atoms with E-state index in [0.29, 0.717) is 0 Å². The molecule has 0 aromatic heterocycles. The second-order valence-corrected chi connectivity index (χ2v) is 4.75. The second kappa shape index (κ2) is 7.60. The summed E-state index contributed by atoms with van der Waals surface area (Å²) in [5, 5.41) is 2.30. The molecule has 0 aromatic carbocycles. The Hall–Kier alpha value is -1.79. The van der Waals surface area contributed by atoms with E-state index < -0.39 is 29.7 Å². The number of hydrogen-bond acceptors (Lipinski definition) is 6. The molecule has 0 rings (SSSR count). The van der Waals surface area contributed by atoms with Gasteiger partial charge in [-0.25, -0.2) is 9.59 Å². The molecule has 7 heteroatoms. The fourth-order valence-corrected chi connectivity index (χ4v) is 1.06. The van der Waals surface area contributed by atoms with Crippen molar-refractivity contribution in [2.45, 2.75) is 46.3 Å². The molecule has 0 fully saturated rings. The van der Waals surface area contributed by atoms with Crippen molar-refractivity contribution in [1.82, 2.24) is 5.32 Å². The number of alkyl carbamates (subject to hydrolysis) is 1. The quantitative estimate of drug-likeness (QED) is 0.594. The first kappa shape index (κ1) is 17.2. The first-order valence-electron chi connectivity index (χ1n) is 5.95. The van der Waals surface area contributed by atoms with Crippen LogP contribution in [0.5, 0.6) is 0 Å². The maximum atomic E-state index is 11.6. The highest BCUT2D eigenvalue weighted by Crippen LogP contribution is 2.07. The monoisotopic (exact) mass is 275 g/mol. The summed E-state index contributed by atoms with van der Waals surface area (Å²) in [6.07, 6.45) is -0.780. The summed E-state index contributed by atoms with van der Waals surface area (Å²) in [6, 6.07) is -1.08. The average molecular weight is 275 g/mol. The molecular weight excluding hydrogens is 254 g/mol. The van der Waals surface area contributed by atoms with Crippen LogP contribution in [0.1, 0.15) is 34.6 Å². The van der Waals surface area contributed by atoms with E-state index in [0.717, 1.165) is 0 Å². The summed E-state index contributed by atoms with van der Waals surface area (Å²) in [5.41, 5.74) is -0.690. The standard InChI is InChI=1S/C12H21NO6/c1-6-17-10(15)9(7-18-8(2)14)13-11(16)19-12(3,4)5/h9H,6-7H2,1-5H3,(H,13,16)/t9-/m0/s1. The Morgan fingerprint density at radius 1 is 1.16 bits per heavy atom. The van der Waals surface area contributed by atoms with E-state index in [2.05, 4.69) is 5.32 Å². The van der Waals surface area contributed by atoms with Crippen molar-refractivity contribution in [1.29, 1.82) is 0 Å². The van der Waals surface area contributed by atoms with Gasteiger partial charge in [-0.05, 0) is 27.7 Å².